The van der Waals surface area contributed by atoms with E-state index in [9.17, 15) is 4.79 Å². The van der Waals surface area contributed by atoms with E-state index in [0.717, 1.165) is 38.5 Å². The van der Waals surface area contributed by atoms with Gasteiger partial charge in [0.1, 0.15) is 10.0 Å². The Bertz CT molecular complexity index is 891. The summed E-state index contributed by atoms with van der Waals surface area (Å²) >= 11 is 2.83. The number of amides is 1. The van der Waals surface area contributed by atoms with Gasteiger partial charge in [0.05, 0.1) is 11.3 Å². The maximum Gasteiger partial charge on any atom is 0.236 e. The fourth-order valence-corrected chi connectivity index (χ4v) is 3.88. The Morgan fingerprint density at radius 1 is 1.29 bits per heavy atom. The number of hydrogen-bond donors (Lipinski definition) is 1. The third kappa shape index (κ3) is 3.73. The second kappa shape index (κ2) is 7.27. The molecule has 0 radical (unpaired) electrons. The van der Waals surface area contributed by atoms with Crippen molar-refractivity contribution in [1.29, 1.82) is 0 Å². The number of aromatic nitrogens is 3. The first kappa shape index (κ1) is 16.9. The normalized spacial score (nSPS) is 11.0. The van der Waals surface area contributed by atoms with E-state index in [1.807, 2.05) is 13.0 Å². The summed E-state index contributed by atoms with van der Waals surface area (Å²) in [6.45, 7) is 6.02. The van der Waals surface area contributed by atoms with Gasteiger partial charge in [0.15, 0.2) is 0 Å². The fraction of sp³-hybridized carbons (Fsp3) is 0.294. The number of para-hydroxylation sites is 1. The average Bonchev–Trinajstić information content (AvgIpc) is 2.97. The Hall–Kier alpha value is -1.99. The molecule has 2 heterocycles. The number of carbonyl (C=O) groups excluding carboxylic acids is 1. The van der Waals surface area contributed by atoms with Crippen molar-refractivity contribution in [1.82, 2.24) is 15.2 Å². The summed E-state index contributed by atoms with van der Waals surface area (Å²) in [5, 5.41) is 14.0. The Labute approximate surface area is 148 Å². The molecule has 0 aliphatic carbocycles. The van der Waals surface area contributed by atoms with Crippen molar-refractivity contribution in [3.63, 3.8) is 0 Å². The lowest BCUT2D eigenvalue weighted by atomic mass is 10.1. The standard InChI is InChI=1S/C17H18N4OS2/c1-4-12-8-13-7-5-6-10(2)15(13)19-16(12)23-9-14(22)18-17-21-20-11(3)24-17/h5-8H,4,9H2,1-3H3,(H,18,21,22). The number of carbonyl (C=O) groups is 1. The lowest BCUT2D eigenvalue weighted by molar-refractivity contribution is -0.113. The van der Waals surface area contributed by atoms with E-state index >= 15 is 0 Å². The summed E-state index contributed by atoms with van der Waals surface area (Å²) in [7, 11) is 0. The predicted molar refractivity (Wildman–Crippen MR) is 99.9 cm³/mol. The minimum atomic E-state index is -0.0927. The number of thioether (sulfide) groups is 1. The van der Waals surface area contributed by atoms with E-state index in [-0.39, 0.29) is 5.91 Å². The molecule has 0 aliphatic rings. The number of anilines is 1. The molecule has 0 saturated heterocycles. The molecule has 3 rings (SSSR count). The smallest absolute Gasteiger partial charge is 0.236 e. The van der Waals surface area contributed by atoms with Crippen molar-refractivity contribution in [2.24, 2.45) is 0 Å². The van der Waals surface area contributed by atoms with E-state index in [4.69, 9.17) is 4.98 Å². The van der Waals surface area contributed by atoms with Crippen LogP contribution in [0.15, 0.2) is 29.3 Å². The van der Waals surface area contributed by atoms with Crippen LogP contribution in [0.2, 0.25) is 0 Å². The summed E-state index contributed by atoms with van der Waals surface area (Å²) in [5.41, 5.74) is 3.31. The van der Waals surface area contributed by atoms with Crippen molar-refractivity contribution in [2.75, 3.05) is 11.1 Å². The minimum absolute atomic E-state index is 0.0927. The molecule has 0 spiro atoms. The van der Waals surface area contributed by atoms with Gasteiger partial charge in [0, 0.05) is 5.39 Å². The zero-order valence-corrected chi connectivity index (χ0v) is 15.4. The van der Waals surface area contributed by atoms with Gasteiger partial charge in [-0.25, -0.2) is 4.98 Å². The van der Waals surface area contributed by atoms with Crippen LogP contribution in [0, 0.1) is 13.8 Å². The van der Waals surface area contributed by atoms with Gasteiger partial charge in [-0.15, -0.1) is 10.2 Å². The van der Waals surface area contributed by atoms with Gasteiger partial charge in [-0.1, -0.05) is 48.2 Å². The van der Waals surface area contributed by atoms with Crippen molar-refractivity contribution >= 4 is 45.0 Å². The topological polar surface area (TPSA) is 67.8 Å². The number of aryl methyl sites for hydroxylation is 3. The molecule has 0 atom stereocenters. The molecule has 1 aromatic carbocycles. The highest BCUT2D eigenvalue weighted by molar-refractivity contribution is 8.00. The molecule has 1 N–H and O–H groups in total. The van der Waals surface area contributed by atoms with Crippen LogP contribution in [-0.4, -0.2) is 26.8 Å². The molecule has 124 valence electrons. The zero-order valence-electron chi connectivity index (χ0n) is 13.8. The number of rotatable bonds is 5. The summed E-state index contributed by atoms with van der Waals surface area (Å²) in [6.07, 6.45) is 0.885. The Morgan fingerprint density at radius 3 is 2.83 bits per heavy atom. The van der Waals surface area contributed by atoms with E-state index in [0.29, 0.717) is 10.9 Å². The molecule has 0 fully saturated rings. The minimum Gasteiger partial charge on any atom is -0.300 e. The number of hydrogen-bond acceptors (Lipinski definition) is 6. The summed E-state index contributed by atoms with van der Waals surface area (Å²) in [4.78, 5) is 16.9. The lowest BCUT2D eigenvalue weighted by Crippen LogP contribution is -2.14. The van der Waals surface area contributed by atoms with Crippen LogP contribution in [0.5, 0.6) is 0 Å². The third-order valence-electron chi connectivity index (χ3n) is 3.58. The Morgan fingerprint density at radius 2 is 2.12 bits per heavy atom. The number of benzene rings is 1. The van der Waals surface area contributed by atoms with Gasteiger partial charge in [0.2, 0.25) is 11.0 Å². The molecule has 24 heavy (non-hydrogen) atoms. The molecular formula is C17H18N4OS2. The number of pyridine rings is 1. The molecule has 3 aromatic rings. The first-order chi connectivity index (χ1) is 11.6. The molecule has 7 heteroatoms. The van der Waals surface area contributed by atoms with Gasteiger partial charge in [-0.3, -0.25) is 10.1 Å². The summed E-state index contributed by atoms with van der Waals surface area (Å²) in [6, 6.07) is 8.35. The van der Waals surface area contributed by atoms with Gasteiger partial charge >= 0.3 is 0 Å². The second-order valence-electron chi connectivity index (χ2n) is 5.42. The summed E-state index contributed by atoms with van der Waals surface area (Å²) < 4.78 is 0. The largest absolute Gasteiger partial charge is 0.300 e. The van der Waals surface area contributed by atoms with E-state index in [1.165, 1.54) is 23.1 Å². The summed E-state index contributed by atoms with van der Waals surface area (Å²) in [5.74, 6) is 0.209. The Kier molecular flexibility index (Phi) is 5.11. The quantitative estimate of drug-likeness (QED) is 0.698. The van der Waals surface area contributed by atoms with Crippen LogP contribution in [-0.2, 0) is 11.2 Å². The molecule has 0 saturated carbocycles. The second-order valence-corrected chi connectivity index (χ2v) is 7.56. The van der Waals surface area contributed by atoms with Crippen LogP contribution in [0.3, 0.4) is 0 Å². The molecule has 1 amide bonds. The molecular weight excluding hydrogens is 340 g/mol. The van der Waals surface area contributed by atoms with Crippen molar-refractivity contribution < 1.29 is 4.79 Å². The predicted octanol–water partition coefficient (Wildman–Crippen LogP) is 4.00. The lowest BCUT2D eigenvalue weighted by Gasteiger charge is -2.10. The van der Waals surface area contributed by atoms with Crippen molar-refractivity contribution in [3.8, 4) is 0 Å². The molecule has 2 aromatic heterocycles. The number of fused-ring (bicyclic) bond motifs is 1. The maximum absolute atomic E-state index is 12.1. The van der Waals surface area contributed by atoms with Crippen LogP contribution >= 0.6 is 23.1 Å². The highest BCUT2D eigenvalue weighted by atomic mass is 32.2. The van der Waals surface area contributed by atoms with Crippen LogP contribution in [0.1, 0.15) is 23.1 Å². The van der Waals surface area contributed by atoms with Gasteiger partial charge in [0.25, 0.3) is 0 Å². The fourth-order valence-electron chi connectivity index (χ4n) is 2.39. The van der Waals surface area contributed by atoms with Crippen molar-refractivity contribution in [2.45, 2.75) is 32.2 Å². The van der Waals surface area contributed by atoms with Gasteiger partial charge in [-0.2, -0.15) is 0 Å². The number of nitrogens with one attached hydrogen (secondary N) is 1. The Balaban J connectivity index is 1.76. The van der Waals surface area contributed by atoms with Gasteiger partial charge in [-0.05, 0) is 37.5 Å². The molecule has 0 unspecified atom stereocenters. The van der Waals surface area contributed by atoms with Crippen molar-refractivity contribution in [3.05, 3.63) is 40.4 Å². The molecule has 0 aliphatic heterocycles. The monoisotopic (exact) mass is 358 g/mol. The molecule has 0 bridgehead atoms. The van der Waals surface area contributed by atoms with E-state index in [2.05, 4.69) is 47.6 Å². The number of nitrogens with zero attached hydrogens (tertiary/aromatic N) is 3. The van der Waals surface area contributed by atoms with E-state index in [1.54, 1.807) is 0 Å². The molecule has 5 nitrogen and oxygen atoms in total. The van der Waals surface area contributed by atoms with Crippen LogP contribution in [0.4, 0.5) is 5.13 Å². The van der Waals surface area contributed by atoms with E-state index < -0.39 is 0 Å². The highest BCUT2D eigenvalue weighted by Gasteiger charge is 2.12. The van der Waals surface area contributed by atoms with Gasteiger partial charge < -0.3 is 0 Å². The maximum atomic E-state index is 12.1. The van der Waals surface area contributed by atoms with Crippen LogP contribution < -0.4 is 5.32 Å². The zero-order chi connectivity index (χ0) is 17.1. The first-order valence-electron chi connectivity index (χ1n) is 7.69. The average molecular weight is 358 g/mol. The first-order valence-corrected chi connectivity index (χ1v) is 9.49. The highest BCUT2D eigenvalue weighted by Crippen LogP contribution is 2.27. The SMILES string of the molecule is CCc1cc2cccc(C)c2nc1SCC(=O)Nc1nnc(C)s1. The van der Waals surface area contributed by atoms with Crippen LogP contribution in [0.25, 0.3) is 10.9 Å². The third-order valence-corrected chi connectivity index (χ3v) is 5.37.